The van der Waals surface area contributed by atoms with Gasteiger partial charge in [-0.1, -0.05) is 0 Å². The zero-order valence-electron chi connectivity index (χ0n) is 8.23. The fourth-order valence-corrected chi connectivity index (χ4v) is 1.41. The van der Waals surface area contributed by atoms with Crippen LogP contribution in [0.1, 0.15) is 11.3 Å². The molecule has 0 aromatic carbocycles. The zero-order chi connectivity index (χ0) is 9.80. The molecule has 14 heavy (non-hydrogen) atoms. The van der Waals surface area contributed by atoms with E-state index in [1.54, 1.807) is 6.26 Å². The first-order chi connectivity index (χ1) is 6.84. The number of aromatic nitrogens is 1. The van der Waals surface area contributed by atoms with Gasteiger partial charge in [-0.25, -0.2) is 0 Å². The number of nitrogens with zero attached hydrogens (tertiary/aromatic N) is 1. The monoisotopic (exact) mass is 190 g/mol. The minimum atomic E-state index is 0.780. The second kappa shape index (κ2) is 4.15. The minimum Gasteiger partial charge on any atom is -0.468 e. The van der Waals surface area contributed by atoms with Crippen molar-refractivity contribution in [2.75, 3.05) is 0 Å². The molecule has 2 heterocycles. The number of hydrogen-bond acceptors (Lipinski definition) is 2. The third-order valence-corrected chi connectivity index (χ3v) is 2.10. The quantitative estimate of drug-likeness (QED) is 0.798. The van der Waals surface area contributed by atoms with Gasteiger partial charge in [-0.3, -0.25) is 0 Å². The summed E-state index contributed by atoms with van der Waals surface area (Å²) in [5.74, 6) is 0.973. The lowest BCUT2D eigenvalue weighted by Gasteiger charge is -1.99. The molecule has 0 aliphatic rings. The molecular formula is C11H14N2O. The van der Waals surface area contributed by atoms with Gasteiger partial charge in [0.2, 0.25) is 0 Å². The molecule has 0 unspecified atom stereocenters. The fraction of sp³-hybridized carbons (Fsp3) is 0.273. The molecular weight excluding hydrogens is 176 g/mol. The molecule has 3 nitrogen and oxygen atoms in total. The van der Waals surface area contributed by atoms with Crippen LogP contribution in [0.2, 0.25) is 0 Å². The van der Waals surface area contributed by atoms with Crippen molar-refractivity contribution in [1.82, 2.24) is 9.88 Å². The standard InChI is InChI=1S/C11H14N2O/c1-13-5-4-10(9-13)7-12-8-11-3-2-6-14-11/h2-6,9,12H,7-8H2,1H3. The van der Waals surface area contributed by atoms with E-state index in [2.05, 4.69) is 17.6 Å². The summed E-state index contributed by atoms with van der Waals surface area (Å²) >= 11 is 0. The summed E-state index contributed by atoms with van der Waals surface area (Å²) in [6.07, 6.45) is 5.85. The molecule has 0 amide bonds. The molecule has 0 saturated carbocycles. The SMILES string of the molecule is Cn1ccc(CNCc2ccco2)c1. The van der Waals surface area contributed by atoms with E-state index in [-0.39, 0.29) is 0 Å². The molecule has 0 aliphatic carbocycles. The van der Waals surface area contributed by atoms with E-state index >= 15 is 0 Å². The van der Waals surface area contributed by atoms with Crippen LogP contribution in [0.4, 0.5) is 0 Å². The maximum atomic E-state index is 5.21. The molecule has 0 saturated heterocycles. The molecule has 74 valence electrons. The van der Waals surface area contributed by atoms with Crippen LogP contribution < -0.4 is 5.32 Å². The lowest BCUT2D eigenvalue weighted by atomic mass is 10.3. The van der Waals surface area contributed by atoms with Crippen molar-refractivity contribution in [1.29, 1.82) is 0 Å². The van der Waals surface area contributed by atoms with Crippen LogP contribution in [0.5, 0.6) is 0 Å². The summed E-state index contributed by atoms with van der Waals surface area (Å²) < 4.78 is 7.25. The predicted molar refractivity (Wildman–Crippen MR) is 54.7 cm³/mol. The predicted octanol–water partition coefficient (Wildman–Crippen LogP) is 1.91. The largest absolute Gasteiger partial charge is 0.468 e. The summed E-state index contributed by atoms with van der Waals surface area (Å²) in [7, 11) is 2.02. The van der Waals surface area contributed by atoms with Gasteiger partial charge in [-0.2, -0.15) is 0 Å². The number of aryl methyl sites for hydroxylation is 1. The summed E-state index contributed by atoms with van der Waals surface area (Å²) in [4.78, 5) is 0. The van der Waals surface area contributed by atoms with E-state index in [0.29, 0.717) is 0 Å². The number of furan rings is 1. The highest BCUT2D eigenvalue weighted by Gasteiger charge is 1.96. The smallest absolute Gasteiger partial charge is 0.117 e. The Morgan fingerprint density at radius 1 is 1.36 bits per heavy atom. The number of hydrogen-bond donors (Lipinski definition) is 1. The topological polar surface area (TPSA) is 30.1 Å². The third-order valence-electron chi connectivity index (χ3n) is 2.10. The second-order valence-corrected chi connectivity index (χ2v) is 3.37. The Morgan fingerprint density at radius 3 is 2.93 bits per heavy atom. The van der Waals surface area contributed by atoms with Gasteiger partial charge in [0.25, 0.3) is 0 Å². The molecule has 0 radical (unpaired) electrons. The number of rotatable bonds is 4. The van der Waals surface area contributed by atoms with Gasteiger partial charge in [0, 0.05) is 26.0 Å². The maximum Gasteiger partial charge on any atom is 0.117 e. The average Bonchev–Trinajstić information content (AvgIpc) is 2.77. The molecule has 0 aliphatic heterocycles. The molecule has 2 aromatic heterocycles. The van der Waals surface area contributed by atoms with Gasteiger partial charge < -0.3 is 14.3 Å². The van der Waals surface area contributed by atoms with Crippen LogP contribution >= 0.6 is 0 Å². The summed E-state index contributed by atoms with van der Waals surface area (Å²) in [5.41, 5.74) is 1.29. The van der Waals surface area contributed by atoms with E-state index in [0.717, 1.165) is 18.8 Å². The van der Waals surface area contributed by atoms with Crippen LogP contribution in [0.3, 0.4) is 0 Å². The summed E-state index contributed by atoms with van der Waals surface area (Å²) in [5, 5.41) is 3.31. The maximum absolute atomic E-state index is 5.21. The first-order valence-electron chi connectivity index (χ1n) is 4.68. The van der Waals surface area contributed by atoms with Crippen molar-refractivity contribution in [2.45, 2.75) is 13.1 Å². The van der Waals surface area contributed by atoms with Crippen LogP contribution in [0, 0.1) is 0 Å². The highest BCUT2D eigenvalue weighted by Crippen LogP contribution is 2.01. The van der Waals surface area contributed by atoms with Crippen molar-refractivity contribution < 1.29 is 4.42 Å². The van der Waals surface area contributed by atoms with E-state index in [1.807, 2.05) is 29.9 Å². The summed E-state index contributed by atoms with van der Waals surface area (Å²) in [6, 6.07) is 5.98. The van der Waals surface area contributed by atoms with Gasteiger partial charge in [-0.15, -0.1) is 0 Å². The van der Waals surface area contributed by atoms with E-state index in [1.165, 1.54) is 5.56 Å². The van der Waals surface area contributed by atoms with Crippen LogP contribution in [-0.4, -0.2) is 4.57 Å². The Morgan fingerprint density at radius 2 is 2.29 bits per heavy atom. The van der Waals surface area contributed by atoms with Crippen LogP contribution in [-0.2, 0) is 20.1 Å². The normalized spacial score (nSPS) is 10.6. The van der Waals surface area contributed by atoms with Gasteiger partial charge in [-0.05, 0) is 23.8 Å². The van der Waals surface area contributed by atoms with E-state index in [9.17, 15) is 0 Å². The van der Waals surface area contributed by atoms with Crippen LogP contribution in [0.25, 0.3) is 0 Å². The van der Waals surface area contributed by atoms with E-state index in [4.69, 9.17) is 4.42 Å². The molecule has 0 bridgehead atoms. The fourth-order valence-electron chi connectivity index (χ4n) is 1.41. The molecule has 0 atom stereocenters. The molecule has 2 aromatic rings. The van der Waals surface area contributed by atoms with Gasteiger partial charge >= 0.3 is 0 Å². The van der Waals surface area contributed by atoms with Crippen LogP contribution in [0.15, 0.2) is 41.3 Å². The Kier molecular flexibility index (Phi) is 2.70. The molecule has 2 rings (SSSR count). The first kappa shape index (κ1) is 9.09. The van der Waals surface area contributed by atoms with Gasteiger partial charge in [0.05, 0.1) is 12.8 Å². The van der Waals surface area contributed by atoms with E-state index < -0.39 is 0 Å². The average molecular weight is 190 g/mol. The lowest BCUT2D eigenvalue weighted by Crippen LogP contribution is -2.11. The van der Waals surface area contributed by atoms with Crippen molar-refractivity contribution in [3.63, 3.8) is 0 Å². The van der Waals surface area contributed by atoms with Crippen molar-refractivity contribution >= 4 is 0 Å². The minimum absolute atomic E-state index is 0.780. The molecule has 0 spiro atoms. The highest BCUT2D eigenvalue weighted by molar-refractivity contribution is 5.09. The van der Waals surface area contributed by atoms with Crippen molar-refractivity contribution in [3.8, 4) is 0 Å². The van der Waals surface area contributed by atoms with Gasteiger partial charge in [0.15, 0.2) is 0 Å². The molecule has 1 N–H and O–H groups in total. The third kappa shape index (κ3) is 2.26. The second-order valence-electron chi connectivity index (χ2n) is 3.37. The Balaban J connectivity index is 1.78. The molecule has 3 heteroatoms. The summed E-state index contributed by atoms with van der Waals surface area (Å²) in [6.45, 7) is 1.66. The first-order valence-corrected chi connectivity index (χ1v) is 4.68. The lowest BCUT2D eigenvalue weighted by molar-refractivity contribution is 0.483. The Hall–Kier alpha value is -1.48. The Bertz CT molecular complexity index is 376. The molecule has 0 fully saturated rings. The van der Waals surface area contributed by atoms with Crippen molar-refractivity contribution in [3.05, 3.63) is 48.2 Å². The highest BCUT2D eigenvalue weighted by atomic mass is 16.3. The van der Waals surface area contributed by atoms with Gasteiger partial charge in [0.1, 0.15) is 5.76 Å². The number of nitrogens with one attached hydrogen (secondary N) is 1. The van der Waals surface area contributed by atoms with Crippen molar-refractivity contribution in [2.24, 2.45) is 7.05 Å². The zero-order valence-corrected chi connectivity index (χ0v) is 8.23. The Labute approximate surface area is 83.3 Å².